The van der Waals surface area contributed by atoms with E-state index in [0.29, 0.717) is 13.0 Å². The Labute approximate surface area is 71.2 Å². The summed E-state index contributed by atoms with van der Waals surface area (Å²) in [5.41, 5.74) is 0. The maximum Gasteiger partial charge on any atom is 0.333 e. The number of hydrogen-bond acceptors (Lipinski definition) is 3. The minimum atomic E-state index is -0.879. The topological polar surface area (TPSA) is 66.8 Å². The monoisotopic (exact) mass is 174 g/mol. The highest BCUT2D eigenvalue weighted by Crippen LogP contribution is 2.34. The quantitative estimate of drug-likeness (QED) is 0.566. The summed E-state index contributed by atoms with van der Waals surface area (Å²) in [5, 5.41) is 17.1. The molecule has 70 valence electrons. The Kier molecular flexibility index (Phi) is 3.49. The average molecular weight is 174 g/mol. The molecule has 12 heavy (non-hydrogen) atoms. The van der Waals surface area contributed by atoms with Crippen molar-refractivity contribution in [2.45, 2.75) is 25.4 Å². The normalized spacial score (nSPS) is 19.1. The Morgan fingerprint density at radius 1 is 1.58 bits per heavy atom. The number of carbonyl (C=O) groups is 1. The summed E-state index contributed by atoms with van der Waals surface area (Å²) in [7, 11) is 0. The summed E-state index contributed by atoms with van der Waals surface area (Å²) in [6, 6.07) is 0. The number of ether oxygens (including phenoxy) is 1. The minimum absolute atomic E-state index is 0.0526. The lowest BCUT2D eigenvalue weighted by molar-refractivity contribution is -0.152. The first-order valence-corrected chi connectivity index (χ1v) is 4.21. The molecule has 1 fully saturated rings. The maximum absolute atomic E-state index is 10.6. The summed E-state index contributed by atoms with van der Waals surface area (Å²) >= 11 is 0. The third kappa shape index (κ3) is 2.79. The molecule has 0 saturated heterocycles. The summed E-state index contributed by atoms with van der Waals surface area (Å²) < 4.78 is 5.11. The van der Waals surface area contributed by atoms with Gasteiger partial charge in [-0.2, -0.15) is 0 Å². The van der Waals surface area contributed by atoms with Crippen molar-refractivity contribution < 1.29 is 19.7 Å². The molecule has 1 rings (SSSR count). The Bertz CT molecular complexity index is 153. The maximum atomic E-state index is 10.6. The Morgan fingerprint density at radius 2 is 2.25 bits per heavy atom. The highest BCUT2D eigenvalue weighted by molar-refractivity contribution is 5.73. The van der Waals surface area contributed by atoms with Crippen molar-refractivity contribution in [3.63, 3.8) is 0 Å². The summed E-state index contributed by atoms with van der Waals surface area (Å²) in [6.07, 6.45) is 1.78. The van der Waals surface area contributed by atoms with Gasteiger partial charge in [-0.3, -0.25) is 0 Å². The molecule has 1 unspecified atom stereocenters. The van der Waals surface area contributed by atoms with Crippen molar-refractivity contribution in [3.05, 3.63) is 0 Å². The number of carboxylic acid groups (broad SMARTS) is 1. The summed E-state index contributed by atoms with van der Waals surface area (Å²) in [4.78, 5) is 10.6. The third-order valence-electron chi connectivity index (χ3n) is 1.89. The molecule has 0 heterocycles. The number of aliphatic hydroxyl groups is 1. The molecule has 4 nitrogen and oxygen atoms in total. The Balaban J connectivity index is 2.19. The van der Waals surface area contributed by atoms with Crippen molar-refractivity contribution >= 4 is 5.97 Å². The van der Waals surface area contributed by atoms with Gasteiger partial charge >= 0.3 is 5.97 Å². The zero-order valence-corrected chi connectivity index (χ0v) is 6.90. The number of aliphatic hydroxyl groups excluding tert-OH is 1. The molecule has 0 radical (unpaired) electrons. The molecule has 1 aliphatic carbocycles. The Morgan fingerprint density at radius 3 is 2.67 bits per heavy atom. The van der Waals surface area contributed by atoms with Gasteiger partial charge < -0.3 is 14.9 Å². The highest BCUT2D eigenvalue weighted by atomic mass is 16.5. The molecule has 1 saturated carbocycles. The molecule has 2 N–H and O–H groups in total. The van der Waals surface area contributed by atoms with Gasteiger partial charge in [0.2, 0.25) is 0 Å². The van der Waals surface area contributed by atoms with E-state index >= 15 is 0 Å². The lowest BCUT2D eigenvalue weighted by atomic mass is 10.2. The molecular formula is C8H14O4. The van der Waals surface area contributed by atoms with Crippen LogP contribution in [0.5, 0.6) is 0 Å². The molecule has 0 bridgehead atoms. The van der Waals surface area contributed by atoms with Gasteiger partial charge in [0.15, 0.2) is 6.10 Å². The molecule has 0 spiro atoms. The number of rotatable bonds is 6. The van der Waals surface area contributed by atoms with Crippen LogP contribution in [0.1, 0.15) is 19.3 Å². The van der Waals surface area contributed by atoms with Crippen LogP contribution in [-0.2, 0) is 9.53 Å². The van der Waals surface area contributed by atoms with Gasteiger partial charge in [0.25, 0.3) is 0 Å². The molecule has 0 aromatic heterocycles. The van der Waals surface area contributed by atoms with E-state index in [1.807, 2.05) is 0 Å². The number of hydrogen-bond donors (Lipinski definition) is 2. The van der Waals surface area contributed by atoms with Crippen LogP contribution in [0.15, 0.2) is 0 Å². The average Bonchev–Trinajstić information content (AvgIpc) is 2.80. The van der Waals surface area contributed by atoms with Crippen LogP contribution in [0.4, 0.5) is 0 Å². The minimum Gasteiger partial charge on any atom is -0.479 e. The van der Waals surface area contributed by atoms with E-state index in [1.165, 1.54) is 0 Å². The van der Waals surface area contributed by atoms with Crippen molar-refractivity contribution in [2.24, 2.45) is 5.92 Å². The van der Waals surface area contributed by atoms with Crippen LogP contribution in [0.3, 0.4) is 0 Å². The second-order valence-corrected chi connectivity index (χ2v) is 3.04. The van der Waals surface area contributed by atoms with E-state index in [4.69, 9.17) is 14.9 Å². The van der Waals surface area contributed by atoms with E-state index < -0.39 is 12.1 Å². The zero-order chi connectivity index (χ0) is 8.97. The van der Waals surface area contributed by atoms with Gasteiger partial charge in [0.1, 0.15) is 0 Å². The van der Waals surface area contributed by atoms with Gasteiger partial charge in [-0.15, -0.1) is 0 Å². The van der Waals surface area contributed by atoms with Crippen LogP contribution in [0.25, 0.3) is 0 Å². The van der Waals surface area contributed by atoms with Crippen molar-refractivity contribution in [1.82, 2.24) is 0 Å². The molecule has 0 aliphatic heterocycles. The predicted octanol–water partition coefficient (Wildman–Crippen LogP) is 0.249. The SMILES string of the molecule is O=C(O)C(OCCCO)C1CC1. The smallest absolute Gasteiger partial charge is 0.333 e. The molecule has 4 heteroatoms. The van der Waals surface area contributed by atoms with Crippen LogP contribution >= 0.6 is 0 Å². The second kappa shape index (κ2) is 4.42. The van der Waals surface area contributed by atoms with E-state index in [2.05, 4.69) is 0 Å². The largest absolute Gasteiger partial charge is 0.479 e. The number of carboxylic acids is 1. The second-order valence-electron chi connectivity index (χ2n) is 3.04. The van der Waals surface area contributed by atoms with E-state index in [1.54, 1.807) is 0 Å². The first-order valence-electron chi connectivity index (χ1n) is 4.21. The molecule has 0 aromatic rings. The van der Waals surface area contributed by atoms with Crippen LogP contribution in [0, 0.1) is 5.92 Å². The fourth-order valence-electron chi connectivity index (χ4n) is 1.08. The third-order valence-corrected chi connectivity index (χ3v) is 1.89. The van der Waals surface area contributed by atoms with Crippen molar-refractivity contribution in [1.29, 1.82) is 0 Å². The summed E-state index contributed by atoms with van der Waals surface area (Å²) in [6.45, 7) is 0.390. The zero-order valence-electron chi connectivity index (χ0n) is 6.90. The van der Waals surface area contributed by atoms with Gasteiger partial charge in [0, 0.05) is 13.2 Å². The number of aliphatic carboxylic acids is 1. The molecule has 0 amide bonds. The lowest BCUT2D eigenvalue weighted by Crippen LogP contribution is -2.26. The fourth-order valence-corrected chi connectivity index (χ4v) is 1.08. The van der Waals surface area contributed by atoms with Crippen molar-refractivity contribution in [2.75, 3.05) is 13.2 Å². The molecule has 1 atom stereocenters. The highest BCUT2D eigenvalue weighted by Gasteiger charge is 2.36. The Hall–Kier alpha value is -0.610. The standard InChI is InChI=1S/C8H14O4/c9-4-1-5-12-7(8(10)11)6-2-3-6/h6-7,9H,1-5H2,(H,10,11). The van der Waals surface area contributed by atoms with E-state index in [9.17, 15) is 4.79 Å². The molecule has 1 aliphatic rings. The fraction of sp³-hybridized carbons (Fsp3) is 0.875. The summed E-state index contributed by atoms with van der Waals surface area (Å²) in [5.74, 6) is -0.670. The lowest BCUT2D eigenvalue weighted by Gasteiger charge is -2.11. The molecular weight excluding hydrogens is 160 g/mol. The van der Waals surface area contributed by atoms with E-state index in [0.717, 1.165) is 12.8 Å². The van der Waals surface area contributed by atoms with Crippen molar-refractivity contribution in [3.8, 4) is 0 Å². The van der Waals surface area contributed by atoms with Gasteiger partial charge in [-0.25, -0.2) is 4.79 Å². The van der Waals surface area contributed by atoms with Crippen LogP contribution in [-0.4, -0.2) is 35.5 Å². The van der Waals surface area contributed by atoms with Crippen LogP contribution < -0.4 is 0 Å². The van der Waals surface area contributed by atoms with Crippen LogP contribution in [0.2, 0.25) is 0 Å². The first-order chi connectivity index (χ1) is 5.75. The predicted molar refractivity (Wildman–Crippen MR) is 41.8 cm³/mol. The van der Waals surface area contributed by atoms with Gasteiger partial charge in [-0.1, -0.05) is 0 Å². The van der Waals surface area contributed by atoms with E-state index in [-0.39, 0.29) is 12.5 Å². The molecule has 0 aromatic carbocycles. The van der Waals surface area contributed by atoms with Gasteiger partial charge in [0.05, 0.1) is 0 Å². The first kappa shape index (κ1) is 9.48. The van der Waals surface area contributed by atoms with Gasteiger partial charge in [-0.05, 0) is 25.2 Å².